The normalized spacial score (nSPS) is 15.0. The Kier molecular flexibility index (Phi) is 6.68. The molecule has 6 nitrogen and oxygen atoms in total. The summed E-state index contributed by atoms with van der Waals surface area (Å²) in [6.07, 6.45) is 3.56. The average Bonchev–Trinajstić information content (AvgIpc) is 3.22. The van der Waals surface area contributed by atoms with Crippen LogP contribution in [0.2, 0.25) is 10.0 Å². The fourth-order valence-electron chi connectivity index (χ4n) is 4.39. The number of hydrogen-bond acceptors (Lipinski definition) is 4. The molecule has 0 unspecified atom stereocenters. The van der Waals surface area contributed by atoms with Gasteiger partial charge in [-0.1, -0.05) is 41.9 Å². The molecule has 1 amide bonds. The number of amides is 1. The molecule has 1 aliphatic rings. The van der Waals surface area contributed by atoms with E-state index in [2.05, 4.69) is 22.1 Å². The van der Waals surface area contributed by atoms with Crippen molar-refractivity contribution in [1.29, 1.82) is 0 Å². The number of aromatic amines is 1. The summed E-state index contributed by atoms with van der Waals surface area (Å²) in [5.74, 6) is 0.882. The second kappa shape index (κ2) is 9.49. The number of aryl methyl sites for hydroxylation is 1. The molecular formula is C25H25Cl2N3O3. The van der Waals surface area contributed by atoms with E-state index in [0.717, 1.165) is 46.5 Å². The molecule has 0 saturated heterocycles. The van der Waals surface area contributed by atoms with E-state index in [1.165, 1.54) is 6.08 Å². The first kappa shape index (κ1) is 23.2. The second-order valence-electron chi connectivity index (χ2n) is 8.03. The molecule has 1 aliphatic carbocycles. The minimum atomic E-state index is -0.262. The number of carbonyl (C=O) groups excluding carboxylic acids is 1. The highest BCUT2D eigenvalue weighted by Gasteiger charge is 2.31. The van der Waals surface area contributed by atoms with Crippen LogP contribution in [0.3, 0.4) is 0 Å². The Hall–Kier alpha value is -2.96. The number of carbonyl (C=O) groups is 1. The highest BCUT2D eigenvalue weighted by atomic mass is 35.5. The minimum Gasteiger partial charge on any atom is -0.495 e. The van der Waals surface area contributed by atoms with Gasteiger partial charge in [-0.3, -0.25) is 9.89 Å². The van der Waals surface area contributed by atoms with E-state index >= 15 is 0 Å². The van der Waals surface area contributed by atoms with Gasteiger partial charge in [-0.15, -0.1) is 0 Å². The van der Waals surface area contributed by atoms with E-state index in [9.17, 15) is 4.79 Å². The van der Waals surface area contributed by atoms with Crippen LogP contribution < -0.4 is 14.8 Å². The number of aromatic nitrogens is 2. The average molecular weight is 486 g/mol. The molecule has 172 valence electrons. The number of hydrogen-bond donors (Lipinski definition) is 2. The highest BCUT2D eigenvalue weighted by molar-refractivity contribution is 6.38. The van der Waals surface area contributed by atoms with Crippen LogP contribution in [0, 0.1) is 6.92 Å². The number of benzene rings is 2. The number of fused-ring (bicyclic) bond motifs is 1. The lowest BCUT2D eigenvalue weighted by Gasteiger charge is -2.26. The maximum absolute atomic E-state index is 12.0. The van der Waals surface area contributed by atoms with E-state index in [1.807, 2.05) is 25.1 Å². The molecule has 2 N–H and O–H groups in total. The summed E-state index contributed by atoms with van der Waals surface area (Å²) in [6.45, 7) is 5.52. The van der Waals surface area contributed by atoms with Crippen molar-refractivity contribution in [1.82, 2.24) is 10.2 Å². The third-order valence-electron chi connectivity index (χ3n) is 6.04. The first-order chi connectivity index (χ1) is 15.9. The van der Waals surface area contributed by atoms with E-state index in [0.29, 0.717) is 33.7 Å². The summed E-state index contributed by atoms with van der Waals surface area (Å²) in [5, 5.41) is 11.7. The zero-order valence-corrected chi connectivity index (χ0v) is 20.2. The quantitative estimate of drug-likeness (QED) is 0.413. The highest BCUT2D eigenvalue weighted by Crippen LogP contribution is 2.48. The Morgan fingerprint density at radius 1 is 1.21 bits per heavy atom. The topological polar surface area (TPSA) is 76.2 Å². The van der Waals surface area contributed by atoms with Crippen molar-refractivity contribution < 1.29 is 14.3 Å². The van der Waals surface area contributed by atoms with Gasteiger partial charge in [0, 0.05) is 28.5 Å². The number of halogens is 2. The Bertz CT molecular complexity index is 1210. The third kappa shape index (κ3) is 4.33. The van der Waals surface area contributed by atoms with Crippen molar-refractivity contribution >= 4 is 34.8 Å². The van der Waals surface area contributed by atoms with Crippen LogP contribution in [-0.2, 0) is 17.6 Å². The second-order valence-corrected chi connectivity index (χ2v) is 8.79. The number of nitrogens with one attached hydrogen (secondary N) is 2. The van der Waals surface area contributed by atoms with Gasteiger partial charge in [0.25, 0.3) is 0 Å². The molecule has 33 heavy (non-hydrogen) atoms. The van der Waals surface area contributed by atoms with Gasteiger partial charge in [0.05, 0.1) is 35.6 Å². The fraction of sp³-hybridized carbons (Fsp3) is 0.280. The van der Waals surface area contributed by atoms with Crippen molar-refractivity contribution in [3.63, 3.8) is 0 Å². The first-order valence-electron chi connectivity index (χ1n) is 10.6. The lowest BCUT2D eigenvalue weighted by atomic mass is 9.81. The Labute approximate surface area is 202 Å². The van der Waals surface area contributed by atoms with Gasteiger partial charge in [-0.2, -0.15) is 5.10 Å². The van der Waals surface area contributed by atoms with E-state index in [-0.39, 0.29) is 11.8 Å². The van der Waals surface area contributed by atoms with Gasteiger partial charge >= 0.3 is 0 Å². The summed E-state index contributed by atoms with van der Waals surface area (Å²) in [7, 11) is 3.14. The molecular weight excluding hydrogens is 461 g/mol. The van der Waals surface area contributed by atoms with Crippen molar-refractivity contribution in [2.45, 2.75) is 32.1 Å². The Morgan fingerprint density at radius 2 is 1.91 bits per heavy atom. The zero-order valence-electron chi connectivity index (χ0n) is 18.7. The molecule has 2 aromatic carbocycles. The summed E-state index contributed by atoms with van der Waals surface area (Å²) in [4.78, 5) is 12.0. The summed E-state index contributed by atoms with van der Waals surface area (Å²) >= 11 is 13.3. The van der Waals surface area contributed by atoms with Gasteiger partial charge in [-0.05, 0) is 49.8 Å². The lowest BCUT2D eigenvalue weighted by Crippen LogP contribution is -2.14. The van der Waals surface area contributed by atoms with Gasteiger partial charge in [0.2, 0.25) is 5.91 Å². The molecule has 1 heterocycles. The number of ether oxygens (including phenoxy) is 2. The maximum atomic E-state index is 12.0. The van der Waals surface area contributed by atoms with Crippen LogP contribution in [0.25, 0.3) is 11.3 Å². The number of H-pyrrole nitrogens is 1. The number of rotatable bonds is 6. The van der Waals surface area contributed by atoms with Gasteiger partial charge in [0.1, 0.15) is 11.5 Å². The van der Waals surface area contributed by atoms with Crippen molar-refractivity contribution in [3.05, 3.63) is 69.3 Å². The summed E-state index contributed by atoms with van der Waals surface area (Å²) in [6, 6.07) is 7.63. The van der Waals surface area contributed by atoms with E-state index in [4.69, 9.17) is 32.7 Å². The Morgan fingerprint density at radius 3 is 2.55 bits per heavy atom. The Balaban J connectivity index is 1.71. The summed E-state index contributed by atoms with van der Waals surface area (Å²) in [5.41, 5.74) is 6.43. The molecule has 3 aromatic rings. The van der Waals surface area contributed by atoms with E-state index < -0.39 is 0 Å². The molecule has 0 bridgehead atoms. The largest absolute Gasteiger partial charge is 0.495 e. The van der Waals surface area contributed by atoms with Crippen molar-refractivity contribution in [3.8, 4) is 22.8 Å². The SMILES string of the molecule is C=CC(=O)Nc1cc(C)ccc1-c1n[nH]c2c1CC[C@@H](c1c(Cl)c(OC)cc(OC)c1Cl)C2. The fourth-order valence-corrected chi connectivity index (χ4v) is 5.20. The molecule has 8 heteroatoms. The van der Waals surface area contributed by atoms with Crippen LogP contribution in [0.1, 0.15) is 34.7 Å². The molecule has 1 aromatic heterocycles. The molecule has 4 rings (SSSR count). The number of anilines is 1. The zero-order chi connectivity index (χ0) is 23.7. The third-order valence-corrected chi connectivity index (χ3v) is 6.82. The number of nitrogens with zero attached hydrogens (tertiary/aromatic N) is 1. The number of methoxy groups -OCH3 is 2. The van der Waals surface area contributed by atoms with Crippen LogP contribution in [0.15, 0.2) is 36.9 Å². The van der Waals surface area contributed by atoms with Gasteiger partial charge in [-0.25, -0.2) is 0 Å². The lowest BCUT2D eigenvalue weighted by molar-refractivity contribution is -0.111. The molecule has 0 spiro atoms. The van der Waals surface area contributed by atoms with Crippen molar-refractivity contribution in [2.24, 2.45) is 0 Å². The minimum absolute atomic E-state index is 0.0766. The van der Waals surface area contributed by atoms with Crippen molar-refractivity contribution in [2.75, 3.05) is 19.5 Å². The standard InChI is InChI=1S/C25H25Cl2N3O3/c1-5-21(31)28-17-10-13(2)6-8-15(17)25-16-9-7-14(11-18(16)29-30-25)22-23(26)19(32-3)12-20(33-4)24(22)27/h5-6,8,10,12,14H,1,7,9,11H2,2-4H3,(H,28,31)(H,29,30)/t14-/m1/s1. The summed E-state index contributed by atoms with van der Waals surface area (Å²) < 4.78 is 10.9. The predicted molar refractivity (Wildman–Crippen MR) is 132 cm³/mol. The first-order valence-corrected chi connectivity index (χ1v) is 11.3. The monoisotopic (exact) mass is 485 g/mol. The van der Waals surface area contributed by atoms with Crippen LogP contribution >= 0.6 is 23.2 Å². The molecule has 0 radical (unpaired) electrons. The van der Waals surface area contributed by atoms with Gasteiger partial charge in [0.15, 0.2) is 0 Å². The molecule has 0 aliphatic heterocycles. The van der Waals surface area contributed by atoms with Crippen LogP contribution in [0.4, 0.5) is 5.69 Å². The van der Waals surface area contributed by atoms with Gasteiger partial charge < -0.3 is 14.8 Å². The molecule has 0 fully saturated rings. The van der Waals surface area contributed by atoms with Crippen LogP contribution in [-0.4, -0.2) is 30.3 Å². The molecule has 1 atom stereocenters. The smallest absolute Gasteiger partial charge is 0.247 e. The van der Waals surface area contributed by atoms with Crippen LogP contribution in [0.5, 0.6) is 11.5 Å². The molecule has 0 saturated carbocycles. The van der Waals surface area contributed by atoms with E-state index in [1.54, 1.807) is 20.3 Å². The maximum Gasteiger partial charge on any atom is 0.247 e. The predicted octanol–water partition coefficient (Wildman–Crippen LogP) is 6.11.